The van der Waals surface area contributed by atoms with Gasteiger partial charge in [0, 0.05) is 17.8 Å². The van der Waals surface area contributed by atoms with E-state index in [4.69, 9.17) is 4.74 Å². The molecule has 0 aliphatic heterocycles. The molecule has 2 rings (SSSR count). The first-order valence-corrected chi connectivity index (χ1v) is 12.2. The van der Waals surface area contributed by atoms with Gasteiger partial charge >= 0.3 is 0 Å². The van der Waals surface area contributed by atoms with E-state index in [1.807, 2.05) is 77.1 Å². The van der Waals surface area contributed by atoms with Crippen LogP contribution in [0.5, 0.6) is 5.75 Å². The van der Waals surface area contributed by atoms with Gasteiger partial charge in [-0.3, -0.25) is 9.59 Å². The first-order valence-electron chi connectivity index (χ1n) is 11.0. The van der Waals surface area contributed by atoms with Gasteiger partial charge in [0.25, 0.3) is 0 Å². The molecule has 5 nitrogen and oxygen atoms in total. The fourth-order valence-corrected chi connectivity index (χ4v) is 4.31. The number of thioether (sulfide) groups is 1. The van der Waals surface area contributed by atoms with Gasteiger partial charge < -0.3 is 15.0 Å². The van der Waals surface area contributed by atoms with Crippen molar-refractivity contribution in [1.82, 2.24) is 10.2 Å². The van der Waals surface area contributed by atoms with Crippen molar-refractivity contribution in [2.75, 3.05) is 12.9 Å². The summed E-state index contributed by atoms with van der Waals surface area (Å²) in [6.07, 6.45) is 0.558. The van der Waals surface area contributed by atoms with Crippen LogP contribution in [0.2, 0.25) is 0 Å². The Kier molecular flexibility index (Phi) is 9.63. The molecule has 0 spiro atoms. The standard InChI is InChI=1S/C26H36N2O3S/c1-7-23(25(30)27-26(3,4)5)28(16-21-10-8-9-19(2)15-21)24(29)18-32-17-20-11-13-22(31-6)14-12-20/h8-15,23H,7,16-18H2,1-6H3,(H,27,30). The molecule has 2 amide bonds. The Labute approximate surface area is 196 Å². The predicted molar refractivity (Wildman–Crippen MR) is 133 cm³/mol. The maximum atomic E-state index is 13.3. The zero-order valence-corrected chi connectivity index (χ0v) is 20.9. The van der Waals surface area contributed by atoms with E-state index >= 15 is 0 Å². The van der Waals surface area contributed by atoms with E-state index in [1.165, 1.54) is 0 Å². The molecule has 0 bridgehead atoms. The highest BCUT2D eigenvalue weighted by molar-refractivity contribution is 7.99. The Bertz CT molecular complexity index is 891. The molecule has 0 saturated heterocycles. The van der Waals surface area contributed by atoms with Gasteiger partial charge in [0.05, 0.1) is 12.9 Å². The third kappa shape index (κ3) is 8.23. The minimum absolute atomic E-state index is 0.0269. The van der Waals surface area contributed by atoms with Gasteiger partial charge in [-0.25, -0.2) is 0 Å². The van der Waals surface area contributed by atoms with Crippen molar-refractivity contribution < 1.29 is 14.3 Å². The lowest BCUT2D eigenvalue weighted by molar-refractivity contribution is -0.140. The highest BCUT2D eigenvalue weighted by Crippen LogP contribution is 2.20. The first kappa shape index (κ1) is 25.8. The molecule has 0 heterocycles. The highest BCUT2D eigenvalue weighted by atomic mass is 32.2. The molecule has 0 fully saturated rings. The van der Waals surface area contributed by atoms with Crippen LogP contribution in [0.1, 0.15) is 50.8 Å². The molecule has 32 heavy (non-hydrogen) atoms. The number of benzene rings is 2. The zero-order chi connectivity index (χ0) is 23.7. The van der Waals surface area contributed by atoms with Crippen LogP contribution >= 0.6 is 11.8 Å². The third-order valence-electron chi connectivity index (χ3n) is 4.97. The summed E-state index contributed by atoms with van der Waals surface area (Å²) in [6.45, 7) is 10.3. The summed E-state index contributed by atoms with van der Waals surface area (Å²) in [5, 5.41) is 3.04. The van der Waals surface area contributed by atoms with Crippen molar-refractivity contribution in [1.29, 1.82) is 0 Å². The maximum Gasteiger partial charge on any atom is 0.243 e. The van der Waals surface area contributed by atoms with Crippen molar-refractivity contribution in [2.45, 2.75) is 64.9 Å². The van der Waals surface area contributed by atoms with Gasteiger partial charge in [0.15, 0.2) is 0 Å². The van der Waals surface area contributed by atoms with Gasteiger partial charge in [-0.2, -0.15) is 0 Å². The molecule has 6 heteroatoms. The number of carbonyl (C=O) groups excluding carboxylic acids is 2. The lowest BCUT2D eigenvalue weighted by Crippen LogP contribution is -2.53. The Hall–Kier alpha value is -2.47. The van der Waals surface area contributed by atoms with E-state index in [9.17, 15) is 9.59 Å². The minimum Gasteiger partial charge on any atom is -0.497 e. The quantitative estimate of drug-likeness (QED) is 0.549. The molecule has 2 aromatic rings. The summed E-state index contributed by atoms with van der Waals surface area (Å²) in [6, 6.07) is 15.4. The lowest BCUT2D eigenvalue weighted by Gasteiger charge is -2.33. The van der Waals surface area contributed by atoms with Crippen LogP contribution in [0, 0.1) is 6.92 Å². The Morgan fingerprint density at radius 2 is 1.78 bits per heavy atom. The fourth-order valence-electron chi connectivity index (χ4n) is 3.44. The smallest absolute Gasteiger partial charge is 0.243 e. The predicted octanol–water partition coefficient (Wildman–Crippen LogP) is 4.96. The molecule has 1 unspecified atom stereocenters. The van der Waals surface area contributed by atoms with Crippen LogP contribution in [0.15, 0.2) is 48.5 Å². The van der Waals surface area contributed by atoms with Gasteiger partial charge in [0.1, 0.15) is 11.8 Å². The average molecular weight is 457 g/mol. The molecule has 1 atom stereocenters. The fraction of sp³-hybridized carbons (Fsp3) is 0.462. The highest BCUT2D eigenvalue weighted by Gasteiger charge is 2.30. The van der Waals surface area contributed by atoms with Gasteiger partial charge in [0.2, 0.25) is 11.8 Å². The largest absolute Gasteiger partial charge is 0.497 e. The molecular formula is C26H36N2O3S. The van der Waals surface area contributed by atoms with Crippen LogP contribution in [0.25, 0.3) is 0 Å². The third-order valence-corrected chi connectivity index (χ3v) is 5.96. The molecular weight excluding hydrogens is 420 g/mol. The number of rotatable bonds is 10. The number of hydrogen-bond acceptors (Lipinski definition) is 4. The van der Waals surface area contributed by atoms with Crippen LogP contribution < -0.4 is 10.1 Å². The van der Waals surface area contributed by atoms with E-state index in [0.717, 1.165) is 28.2 Å². The normalized spacial score (nSPS) is 12.2. The number of ether oxygens (including phenoxy) is 1. The van der Waals surface area contributed by atoms with E-state index in [-0.39, 0.29) is 17.4 Å². The van der Waals surface area contributed by atoms with E-state index in [1.54, 1.807) is 23.8 Å². The summed E-state index contributed by atoms with van der Waals surface area (Å²) in [7, 11) is 1.64. The average Bonchev–Trinajstić information content (AvgIpc) is 2.72. The van der Waals surface area contributed by atoms with Crippen LogP contribution in [-0.2, 0) is 21.9 Å². The molecule has 0 saturated carbocycles. The Morgan fingerprint density at radius 3 is 2.34 bits per heavy atom. The topological polar surface area (TPSA) is 58.6 Å². The van der Waals surface area contributed by atoms with Crippen LogP contribution in [0.3, 0.4) is 0 Å². The van der Waals surface area contributed by atoms with E-state index < -0.39 is 6.04 Å². The number of carbonyl (C=O) groups is 2. The van der Waals surface area contributed by atoms with Gasteiger partial charge in [-0.1, -0.05) is 48.9 Å². The summed E-state index contributed by atoms with van der Waals surface area (Å²) in [4.78, 5) is 28.1. The lowest BCUT2D eigenvalue weighted by atomic mass is 10.1. The van der Waals surface area contributed by atoms with Crippen LogP contribution in [0.4, 0.5) is 0 Å². The number of aryl methyl sites for hydroxylation is 1. The summed E-state index contributed by atoms with van der Waals surface area (Å²) in [5.74, 6) is 1.72. The monoisotopic (exact) mass is 456 g/mol. The van der Waals surface area contributed by atoms with Crippen molar-refractivity contribution >= 4 is 23.6 Å². The Balaban J connectivity index is 2.13. The zero-order valence-electron chi connectivity index (χ0n) is 20.1. The van der Waals surface area contributed by atoms with Crippen molar-refractivity contribution in [2.24, 2.45) is 0 Å². The molecule has 0 radical (unpaired) electrons. The number of nitrogens with one attached hydrogen (secondary N) is 1. The number of nitrogens with zero attached hydrogens (tertiary/aromatic N) is 1. The number of amides is 2. The second kappa shape index (κ2) is 12.0. The second-order valence-electron chi connectivity index (χ2n) is 9.01. The molecule has 2 aromatic carbocycles. The first-order chi connectivity index (χ1) is 15.1. The SMILES string of the molecule is CCC(C(=O)NC(C)(C)C)N(Cc1cccc(C)c1)C(=O)CSCc1ccc(OC)cc1. The van der Waals surface area contributed by atoms with Gasteiger partial charge in [-0.15, -0.1) is 11.8 Å². The summed E-state index contributed by atoms with van der Waals surface area (Å²) >= 11 is 1.56. The second-order valence-corrected chi connectivity index (χ2v) is 10.0. The summed E-state index contributed by atoms with van der Waals surface area (Å²) in [5.41, 5.74) is 2.94. The van der Waals surface area contributed by atoms with E-state index in [0.29, 0.717) is 18.7 Å². The van der Waals surface area contributed by atoms with Crippen LogP contribution in [-0.4, -0.2) is 41.2 Å². The van der Waals surface area contributed by atoms with Crippen molar-refractivity contribution in [3.8, 4) is 5.75 Å². The molecule has 174 valence electrons. The number of methoxy groups -OCH3 is 1. The van der Waals surface area contributed by atoms with Crippen molar-refractivity contribution in [3.63, 3.8) is 0 Å². The van der Waals surface area contributed by atoms with Gasteiger partial charge in [-0.05, 0) is 57.4 Å². The molecule has 1 N–H and O–H groups in total. The summed E-state index contributed by atoms with van der Waals surface area (Å²) < 4.78 is 5.20. The molecule has 0 aromatic heterocycles. The Morgan fingerprint density at radius 1 is 1.09 bits per heavy atom. The minimum atomic E-state index is -0.510. The maximum absolute atomic E-state index is 13.3. The number of hydrogen-bond donors (Lipinski definition) is 1. The van der Waals surface area contributed by atoms with E-state index in [2.05, 4.69) is 11.4 Å². The molecule has 0 aliphatic carbocycles. The van der Waals surface area contributed by atoms with Crippen molar-refractivity contribution in [3.05, 3.63) is 65.2 Å². The molecule has 0 aliphatic rings.